The van der Waals surface area contributed by atoms with E-state index in [1.807, 2.05) is 0 Å². The van der Waals surface area contributed by atoms with E-state index >= 15 is 0 Å². The van der Waals surface area contributed by atoms with Crippen molar-refractivity contribution in [2.24, 2.45) is 0 Å². The van der Waals surface area contributed by atoms with E-state index in [0.29, 0.717) is 34.0 Å². The molecule has 0 radical (unpaired) electrons. The predicted molar refractivity (Wildman–Crippen MR) is 145 cm³/mol. The summed E-state index contributed by atoms with van der Waals surface area (Å²) in [4.78, 5) is 34.5. The number of aromatic nitrogens is 2. The molecule has 9 nitrogen and oxygen atoms in total. The van der Waals surface area contributed by atoms with Gasteiger partial charge in [-0.25, -0.2) is 13.4 Å². The molecular weight excluding hydrogens is 559 g/mol. The van der Waals surface area contributed by atoms with Crippen molar-refractivity contribution < 1.29 is 31.2 Å². The van der Waals surface area contributed by atoms with Crippen LogP contribution in [0.1, 0.15) is 43.0 Å². The summed E-state index contributed by atoms with van der Waals surface area (Å²) < 4.78 is 69.5. The second kappa shape index (κ2) is 12.4. The van der Waals surface area contributed by atoms with Gasteiger partial charge in [-0.1, -0.05) is 43.3 Å². The molecule has 218 valence electrons. The van der Waals surface area contributed by atoms with Gasteiger partial charge in [-0.2, -0.15) is 17.9 Å². The number of pyridine rings is 2. The Morgan fingerprint density at radius 2 is 1.80 bits per heavy atom. The van der Waals surface area contributed by atoms with Gasteiger partial charge in [0, 0.05) is 30.0 Å². The Labute approximate surface area is 236 Å². The molecule has 13 heteroatoms. The maximum absolute atomic E-state index is 13.4. The van der Waals surface area contributed by atoms with Gasteiger partial charge in [0.1, 0.15) is 23.3 Å². The lowest BCUT2D eigenvalue weighted by atomic mass is 9.82. The van der Waals surface area contributed by atoms with E-state index in [9.17, 15) is 31.2 Å². The fourth-order valence-electron chi connectivity index (χ4n) is 4.99. The third-order valence-electron chi connectivity index (χ3n) is 6.98. The molecule has 1 saturated heterocycles. The first-order valence-corrected chi connectivity index (χ1v) is 14.5. The standard InChI is InChI=1S/C28H30F3N5O4S/c1-3-23-20(14-26(37)34-25-11-7-8-12-32-25)13-21(16-33-23)41(39,40)35-24-15-22(19-9-5-4-6-10-19)18(2)36(27(24)38)17-28(29,30)31/h4-13,16,18,22,24,35H,3,14-15,17H2,1-2H3,(H,32,34,37). The Bertz CT molecular complexity index is 1490. The average Bonchev–Trinajstić information content (AvgIpc) is 2.93. The highest BCUT2D eigenvalue weighted by Gasteiger charge is 2.46. The number of halogens is 3. The molecule has 3 heterocycles. The number of anilines is 1. The number of carbonyl (C=O) groups is 2. The number of carbonyl (C=O) groups excluding carboxylic acids is 2. The third kappa shape index (κ3) is 7.47. The Hall–Kier alpha value is -3.84. The molecule has 1 aliphatic heterocycles. The van der Waals surface area contributed by atoms with Gasteiger partial charge < -0.3 is 10.2 Å². The number of hydrogen-bond acceptors (Lipinski definition) is 6. The molecule has 3 atom stereocenters. The second-order valence-electron chi connectivity index (χ2n) is 9.82. The van der Waals surface area contributed by atoms with Crippen LogP contribution in [-0.4, -0.2) is 59.9 Å². The Kier molecular flexibility index (Phi) is 9.08. The van der Waals surface area contributed by atoms with Crippen LogP contribution in [0, 0.1) is 0 Å². The van der Waals surface area contributed by atoms with Gasteiger partial charge in [0.05, 0.1) is 6.42 Å². The fraction of sp³-hybridized carbons (Fsp3) is 0.357. The van der Waals surface area contributed by atoms with Crippen LogP contribution in [-0.2, 0) is 32.5 Å². The summed E-state index contributed by atoms with van der Waals surface area (Å²) >= 11 is 0. The molecular formula is C28H30F3N5O4S. The van der Waals surface area contributed by atoms with Crippen molar-refractivity contribution >= 4 is 27.7 Å². The van der Waals surface area contributed by atoms with Crippen molar-refractivity contribution in [2.75, 3.05) is 11.9 Å². The zero-order valence-electron chi connectivity index (χ0n) is 22.4. The summed E-state index contributed by atoms with van der Waals surface area (Å²) in [5, 5.41) is 2.63. The van der Waals surface area contributed by atoms with E-state index in [4.69, 9.17) is 0 Å². The Balaban J connectivity index is 1.60. The number of alkyl halides is 3. The largest absolute Gasteiger partial charge is 0.406 e. The van der Waals surface area contributed by atoms with Gasteiger partial charge >= 0.3 is 6.18 Å². The van der Waals surface area contributed by atoms with Crippen LogP contribution in [0.4, 0.5) is 19.0 Å². The molecule has 4 rings (SSSR count). The Morgan fingerprint density at radius 3 is 2.44 bits per heavy atom. The van der Waals surface area contributed by atoms with Gasteiger partial charge in [-0.3, -0.25) is 14.6 Å². The summed E-state index contributed by atoms with van der Waals surface area (Å²) in [5.74, 6) is -1.61. The molecule has 0 bridgehead atoms. The lowest BCUT2D eigenvalue weighted by Gasteiger charge is -2.43. The molecule has 1 aromatic carbocycles. The zero-order valence-corrected chi connectivity index (χ0v) is 23.2. The number of rotatable bonds is 9. The number of nitrogens with one attached hydrogen (secondary N) is 2. The topological polar surface area (TPSA) is 121 Å². The van der Waals surface area contributed by atoms with E-state index < -0.39 is 52.6 Å². The highest BCUT2D eigenvalue weighted by molar-refractivity contribution is 7.89. The minimum absolute atomic E-state index is 0.0303. The van der Waals surface area contributed by atoms with Gasteiger partial charge in [0.25, 0.3) is 0 Å². The maximum Gasteiger partial charge on any atom is 0.406 e. The van der Waals surface area contributed by atoms with Crippen LogP contribution in [0.5, 0.6) is 0 Å². The van der Waals surface area contributed by atoms with Crippen molar-refractivity contribution in [3.8, 4) is 0 Å². The lowest BCUT2D eigenvalue weighted by Crippen LogP contribution is -2.59. The van der Waals surface area contributed by atoms with Crippen LogP contribution in [0.2, 0.25) is 0 Å². The summed E-state index contributed by atoms with van der Waals surface area (Å²) in [6.07, 6.45) is -1.85. The zero-order chi connectivity index (χ0) is 29.8. The minimum Gasteiger partial charge on any atom is -0.329 e. The van der Waals surface area contributed by atoms with Crippen LogP contribution in [0.25, 0.3) is 0 Å². The molecule has 2 N–H and O–H groups in total. The third-order valence-corrected chi connectivity index (χ3v) is 8.42. The van der Waals surface area contributed by atoms with Crippen LogP contribution in [0.3, 0.4) is 0 Å². The predicted octanol–water partition coefficient (Wildman–Crippen LogP) is 3.83. The van der Waals surface area contributed by atoms with E-state index in [0.717, 1.165) is 6.20 Å². The number of amides is 2. The molecule has 0 spiro atoms. The van der Waals surface area contributed by atoms with Gasteiger partial charge in [-0.15, -0.1) is 0 Å². The van der Waals surface area contributed by atoms with Crippen molar-refractivity contribution in [3.05, 3.63) is 83.8 Å². The molecule has 1 fully saturated rings. The quantitative estimate of drug-likeness (QED) is 0.391. The first-order chi connectivity index (χ1) is 19.4. The number of benzene rings is 1. The van der Waals surface area contributed by atoms with Crippen molar-refractivity contribution in [1.29, 1.82) is 0 Å². The first kappa shape index (κ1) is 30.1. The molecule has 0 saturated carbocycles. The molecule has 3 aromatic rings. The molecule has 2 amide bonds. The highest BCUT2D eigenvalue weighted by Crippen LogP contribution is 2.35. The molecule has 3 unspecified atom stereocenters. The number of aryl methyl sites for hydroxylation is 1. The summed E-state index contributed by atoms with van der Waals surface area (Å²) in [6, 6.07) is 12.7. The number of piperidine rings is 1. The number of likely N-dealkylation sites (tertiary alicyclic amines) is 1. The normalized spacial score (nSPS) is 19.7. The highest BCUT2D eigenvalue weighted by atomic mass is 32.2. The van der Waals surface area contributed by atoms with E-state index in [1.54, 1.807) is 55.5 Å². The van der Waals surface area contributed by atoms with Crippen LogP contribution >= 0.6 is 0 Å². The van der Waals surface area contributed by atoms with Crippen LogP contribution in [0.15, 0.2) is 71.9 Å². The Morgan fingerprint density at radius 1 is 1.10 bits per heavy atom. The van der Waals surface area contributed by atoms with Gasteiger partial charge in [0.2, 0.25) is 21.8 Å². The fourth-order valence-corrected chi connectivity index (χ4v) is 6.18. The molecule has 41 heavy (non-hydrogen) atoms. The summed E-state index contributed by atoms with van der Waals surface area (Å²) in [5.41, 5.74) is 1.55. The average molecular weight is 590 g/mol. The maximum atomic E-state index is 13.4. The van der Waals surface area contributed by atoms with Gasteiger partial charge in [-0.05, 0) is 49.1 Å². The van der Waals surface area contributed by atoms with E-state index in [-0.39, 0.29) is 17.7 Å². The SMILES string of the molecule is CCc1ncc(S(=O)(=O)NC2CC(c3ccccc3)C(C)N(CC(F)(F)F)C2=O)cc1CC(=O)Nc1ccccn1. The second-order valence-corrected chi connectivity index (χ2v) is 11.5. The molecule has 1 aliphatic rings. The minimum atomic E-state index is -4.67. The van der Waals surface area contributed by atoms with Crippen LogP contribution < -0.4 is 10.0 Å². The summed E-state index contributed by atoms with van der Waals surface area (Å²) in [7, 11) is -4.41. The lowest BCUT2D eigenvalue weighted by molar-refractivity contribution is -0.170. The van der Waals surface area contributed by atoms with Crippen molar-refractivity contribution in [3.63, 3.8) is 0 Å². The number of sulfonamides is 1. The monoisotopic (exact) mass is 589 g/mol. The van der Waals surface area contributed by atoms with Gasteiger partial charge in [0.15, 0.2) is 0 Å². The smallest absolute Gasteiger partial charge is 0.329 e. The molecule has 2 aromatic heterocycles. The molecule has 0 aliphatic carbocycles. The van der Waals surface area contributed by atoms with E-state index in [1.165, 1.54) is 19.2 Å². The first-order valence-electron chi connectivity index (χ1n) is 13.0. The van der Waals surface area contributed by atoms with Crippen molar-refractivity contribution in [2.45, 2.75) is 62.2 Å². The van der Waals surface area contributed by atoms with E-state index in [2.05, 4.69) is 20.0 Å². The number of nitrogens with zero attached hydrogens (tertiary/aromatic N) is 3. The summed E-state index contributed by atoms with van der Waals surface area (Å²) in [6.45, 7) is 1.83. The van der Waals surface area contributed by atoms with Crippen molar-refractivity contribution in [1.82, 2.24) is 19.6 Å². The number of hydrogen-bond donors (Lipinski definition) is 2.